The Bertz CT molecular complexity index is 1020. The normalized spacial score (nSPS) is 17.4. The highest BCUT2D eigenvalue weighted by atomic mass is 32.2. The first-order chi connectivity index (χ1) is 13.2. The summed E-state index contributed by atoms with van der Waals surface area (Å²) in [6, 6.07) is 0. The number of anilines is 1. The van der Waals surface area contributed by atoms with Crippen molar-refractivity contribution in [2.75, 3.05) is 24.2 Å². The second-order valence-electron chi connectivity index (χ2n) is 8.00. The van der Waals surface area contributed by atoms with Crippen LogP contribution in [0, 0.1) is 0 Å². The molecule has 27 heavy (non-hydrogen) atoms. The lowest BCUT2D eigenvalue weighted by Gasteiger charge is -2.28. The molecular weight excluding hydrogens is 372 g/mol. The molecule has 6 heteroatoms. The van der Waals surface area contributed by atoms with Gasteiger partial charge in [0.25, 0.3) is 0 Å². The van der Waals surface area contributed by atoms with Crippen molar-refractivity contribution in [2.24, 2.45) is 0 Å². The first-order valence-corrected chi connectivity index (χ1v) is 12.2. The molecule has 4 nitrogen and oxygen atoms in total. The van der Waals surface area contributed by atoms with Gasteiger partial charge in [0.05, 0.1) is 10.2 Å². The number of pyridine rings is 1. The van der Waals surface area contributed by atoms with Gasteiger partial charge in [-0.1, -0.05) is 25.6 Å². The van der Waals surface area contributed by atoms with Crippen LogP contribution < -0.4 is 4.90 Å². The van der Waals surface area contributed by atoms with Crippen molar-refractivity contribution in [3.63, 3.8) is 0 Å². The van der Waals surface area contributed by atoms with E-state index in [0.29, 0.717) is 5.92 Å². The van der Waals surface area contributed by atoms with Crippen LogP contribution in [0.5, 0.6) is 0 Å². The lowest BCUT2D eigenvalue weighted by Crippen LogP contribution is -2.30. The summed E-state index contributed by atoms with van der Waals surface area (Å²) in [4.78, 5) is 18.7. The van der Waals surface area contributed by atoms with Gasteiger partial charge in [-0.3, -0.25) is 0 Å². The second kappa shape index (κ2) is 6.89. The number of aromatic nitrogens is 3. The van der Waals surface area contributed by atoms with Crippen LogP contribution in [0.3, 0.4) is 0 Å². The summed E-state index contributed by atoms with van der Waals surface area (Å²) in [5, 5.41) is 2.21. The van der Waals surface area contributed by atoms with E-state index in [2.05, 4.69) is 25.0 Å². The third-order valence-electron chi connectivity index (χ3n) is 5.91. The number of thioether (sulfide) groups is 1. The van der Waals surface area contributed by atoms with Gasteiger partial charge in [0, 0.05) is 24.2 Å². The largest absolute Gasteiger partial charge is 0.355 e. The highest BCUT2D eigenvalue weighted by Crippen LogP contribution is 2.44. The summed E-state index contributed by atoms with van der Waals surface area (Å²) < 4.78 is 1.24. The average Bonchev–Trinajstić information content (AvgIpc) is 3.31. The van der Waals surface area contributed by atoms with Crippen LogP contribution in [0.15, 0.2) is 5.16 Å². The molecule has 1 fully saturated rings. The van der Waals surface area contributed by atoms with Crippen LogP contribution in [0.2, 0.25) is 0 Å². The third-order valence-corrected chi connectivity index (χ3v) is 7.53. The highest BCUT2D eigenvalue weighted by molar-refractivity contribution is 7.98. The van der Waals surface area contributed by atoms with Crippen LogP contribution in [0.25, 0.3) is 20.4 Å². The maximum Gasteiger partial charge on any atom is 0.189 e. The van der Waals surface area contributed by atoms with Gasteiger partial charge in [-0.05, 0) is 61.8 Å². The summed E-state index contributed by atoms with van der Waals surface area (Å²) in [7, 11) is 0. The Balaban J connectivity index is 1.82. The topological polar surface area (TPSA) is 41.9 Å². The molecular formula is C21H26N4S2. The quantitative estimate of drug-likeness (QED) is 0.426. The molecule has 5 rings (SSSR count). The monoisotopic (exact) mass is 398 g/mol. The van der Waals surface area contributed by atoms with Crippen LogP contribution in [-0.2, 0) is 12.8 Å². The van der Waals surface area contributed by atoms with Gasteiger partial charge in [-0.25, -0.2) is 15.0 Å². The highest BCUT2D eigenvalue weighted by Gasteiger charge is 2.27. The molecule has 0 spiro atoms. The number of fused-ring (bicyclic) bond motifs is 5. The molecule has 0 atom stereocenters. The fourth-order valence-electron chi connectivity index (χ4n) is 4.65. The van der Waals surface area contributed by atoms with Crippen molar-refractivity contribution in [2.45, 2.75) is 63.4 Å². The van der Waals surface area contributed by atoms with Gasteiger partial charge in [0.15, 0.2) is 11.0 Å². The number of aryl methyl sites for hydroxylation is 1. The Kier molecular flexibility index (Phi) is 4.51. The van der Waals surface area contributed by atoms with Gasteiger partial charge in [-0.2, -0.15) is 0 Å². The first-order valence-electron chi connectivity index (χ1n) is 10.1. The van der Waals surface area contributed by atoms with Crippen molar-refractivity contribution in [1.82, 2.24) is 15.0 Å². The molecule has 1 aliphatic heterocycles. The number of hydrogen-bond acceptors (Lipinski definition) is 6. The number of rotatable bonds is 3. The molecule has 1 aliphatic carbocycles. The van der Waals surface area contributed by atoms with E-state index in [1.807, 2.05) is 11.3 Å². The van der Waals surface area contributed by atoms with E-state index < -0.39 is 0 Å². The van der Waals surface area contributed by atoms with Crippen molar-refractivity contribution < 1.29 is 0 Å². The minimum atomic E-state index is 0.473. The first kappa shape index (κ1) is 17.7. The molecule has 0 saturated carbocycles. The van der Waals surface area contributed by atoms with Crippen LogP contribution in [0.1, 0.15) is 62.3 Å². The lowest BCUT2D eigenvalue weighted by molar-refractivity contribution is 0.573. The molecule has 0 bridgehead atoms. The maximum atomic E-state index is 5.15. The predicted octanol–water partition coefficient (Wildman–Crippen LogP) is 5.56. The zero-order chi connectivity index (χ0) is 18.5. The molecule has 0 amide bonds. The van der Waals surface area contributed by atoms with Gasteiger partial charge in [0.2, 0.25) is 0 Å². The van der Waals surface area contributed by atoms with Gasteiger partial charge >= 0.3 is 0 Å². The van der Waals surface area contributed by atoms with Gasteiger partial charge in [-0.15, -0.1) is 11.3 Å². The third kappa shape index (κ3) is 2.83. The second-order valence-corrected chi connectivity index (χ2v) is 9.78. The Morgan fingerprint density at radius 1 is 0.963 bits per heavy atom. The lowest BCUT2D eigenvalue weighted by atomic mass is 9.99. The summed E-state index contributed by atoms with van der Waals surface area (Å²) in [5.74, 6) is 1.62. The summed E-state index contributed by atoms with van der Waals surface area (Å²) in [6.07, 6.45) is 9.51. The van der Waals surface area contributed by atoms with E-state index >= 15 is 0 Å². The van der Waals surface area contributed by atoms with Crippen molar-refractivity contribution in [1.29, 1.82) is 0 Å². The Morgan fingerprint density at radius 2 is 1.74 bits per heavy atom. The number of hydrogen-bond donors (Lipinski definition) is 0. The van der Waals surface area contributed by atoms with E-state index in [1.54, 1.807) is 11.8 Å². The molecule has 0 N–H and O–H groups in total. The van der Waals surface area contributed by atoms with E-state index in [-0.39, 0.29) is 0 Å². The number of piperidine rings is 1. The molecule has 4 heterocycles. The molecule has 3 aromatic heterocycles. The van der Waals surface area contributed by atoms with Gasteiger partial charge in [0.1, 0.15) is 4.83 Å². The maximum absolute atomic E-state index is 5.15. The zero-order valence-corrected chi connectivity index (χ0v) is 18.0. The predicted molar refractivity (Wildman–Crippen MR) is 117 cm³/mol. The average molecular weight is 399 g/mol. The van der Waals surface area contributed by atoms with Crippen LogP contribution in [-0.4, -0.2) is 34.3 Å². The summed E-state index contributed by atoms with van der Waals surface area (Å²) in [6.45, 7) is 6.75. The standard InChI is InChI=1S/C21H26N4S2/c1-12(2)16-14-9-7-8-13(14)15-17-18(27-20(15)22-16)19(24-21(23-17)26-3)25-10-5-4-6-11-25/h12H,4-11H2,1-3H3. The minimum Gasteiger partial charge on any atom is -0.355 e. The van der Waals surface area contributed by atoms with E-state index in [9.17, 15) is 0 Å². The van der Waals surface area contributed by atoms with Crippen molar-refractivity contribution in [3.8, 4) is 0 Å². The fourth-order valence-corrected chi connectivity index (χ4v) is 6.18. The minimum absolute atomic E-state index is 0.473. The smallest absolute Gasteiger partial charge is 0.189 e. The van der Waals surface area contributed by atoms with Crippen LogP contribution in [0.4, 0.5) is 5.82 Å². The molecule has 1 saturated heterocycles. The zero-order valence-electron chi connectivity index (χ0n) is 16.3. The molecule has 0 radical (unpaired) electrons. The van der Waals surface area contributed by atoms with E-state index in [4.69, 9.17) is 15.0 Å². The Hall–Kier alpha value is -1.40. The molecule has 0 unspecified atom stereocenters. The Labute approximate surface area is 168 Å². The van der Waals surface area contributed by atoms with Gasteiger partial charge < -0.3 is 4.90 Å². The number of nitrogens with zero attached hydrogens (tertiary/aromatic N) is 4. The van der Waals surface area contributed by atoms with Crippen molar-refractivity contribution >= 4 is 49.3 Å². The molecule has 2 aliphatic rings. The van der Waals surface area contributed by atoms with Crippen LogP contribution >= 0.6 is 23.1 Å². The van der Waals surface area contributed by atoms with E-state index in [1.165, 1.54) is 63.8 Å². The van der Waals surface area contributed by atoms with E-state index in [0.717, 1.165) is 36.0 Å². The molecule has 3 aromatic rings. The summed E-state index contributed by atoms with van der Waals surface area (Å²) >= 11 is 3.46. The SMILES string of the molecule is CSc1nc(N2CCCCC2)c2sc3nc(C(C)C)c4c(c3c2n1)CCC4. The number of thiophene rings is 1. The summed E-state index contributed by atoms with van der Waals surface area (Å²) in [5.41, 5.74) is 5.47. The van der Waals surface area contributed by atoms with Crippen molar-refractivity contribution in [3.05, 3.63) is 16.8 Å². The fraction of sp³-hybridized carbons (Fsp3) is 0.571. The Morgan fingerprint density at radius 3 is 2.48 bits per heavy atom. The molecule has 0 aromatic carbocycles. The molecule has 142 valence electrons.